The lowest BCUT2D eigenvalue weighted by molar-refractivity contribution is -0.146. The van der Waals surface area contributed by atoms with Gasteiger partial charge >= 0.3 is 5.97 Å². The van der Waals surface area contributed by atoms with Crippen LogP contribution < -0.4 is 10.6 Å². The highest BCUT2D eigenvalue weighted by molar-refractivity contribution is 6.05. The van der Waals surface area contributed by atoms with Gasteiger partial charge in [0.15, 0.2) is 0 Å². The number of hydrogen-bond donors (Lipinski definition) is 4. The van der Waals surface area contributed by atoms with Crippen molar-refractivity contribution in [2.75, 3.05) is 5.32 Å². The van der Waals surface area contributed by atoms with Crippen LogP contribution in [0.2, 0.25) is 0 Å². The Kier molecular flexibility index (Phi) is 6.41. The predicted octanol–water partition coefficient (Wildman–Crippen LogP) is 4.38. The molecule has 1 saturated carbocycles. The number of aromatic nitrogens is 2. The number of aliphatic carboxylic acids is 1. The quantitative estimate of drug-likeness (QED) is 0.433. The summed E-state index contributed by atoms with van der Waals surface area (Å²) in [7, 11) is 0. The van der Waals surface area contributed by atoms with Gasteiger partial charge in [0.1, 0.15) is 11.4 Å². The Labute approximate surface area is 198 Å². The van der Waals surface area contributed by atoms with Crippen LogP contribution in [0.3, 0.4) is 0 Å². The maximum absolute atomic E-state index is 12.7. The van der Waals surface area contributed by atoms with Crippen molar-refractivity contribution < 1.29 is 19.5 Å². The number of nitrogens with one attached hydrogen (secondary N) is 3. The molecule has 1 heterocycles. The Bertz CT molecular complexity index is 1220. The molecule has 4 rings (SSSR count). The number of aromatic amines is 1. The molecule has 2 aromatic carbocycles. The van der Waals surface area contributed by atoms with E-state index in [9.17, 15) is 19.5 Å². The van der Waals surface area contributed by atoms with Crippen LogP contribution in [0.1, 0.15) is 67.2 Å². The number of imidazole rings is 1. The van der Waals surface area contributed by atoms with Crippen LogP contribution in [0, 0.1) is 12.8 Å². The van der Waals surface area contributed by atoms with Crippen LogP contribution in [0.15, 0.2) is 42.5 Å². The van der Waals surface area contributed by atoms with E-state index in [-0.39, 0.29) is 17.7 Å². The molecule has 0 atom stereocenters. The topological polar surface area (TPSA) is 124 Å². The number of carbonyl (C=O) groups is 3. The van der Waals surface area contributed by atoms with E-state index < -0.39 is 11.5 Å². The zero-order valence-corrected chi connectivity index (χ0v) is 19.6. The van der Waals surface area contributed by atoms with Crippen molar-refractivity contribution in [3.63, 3.8) is 0 Å². The largest absolute Gasteiger partial charge is 0.480 e. The summed E-state index contributed by atoms with van der Waals surface area (Å²) in [6.07, 6.45) is 3.17. The van der Waals surface area contributed by atoms with Crippen molar-refractivity contribution in [2.24, 2.45) is 5.92 Å². The number of nitrogens with zero attached hydrogens (tertiary/aromatic N) is 1. The van der Waals surface area contributed by atoms with Crippen molar-refractivity contribution in [2.45, 2.75) is 57.9 Å². The fourth-order valence-electron chi connectivity index (χ4n) is 4.47. The second kappa shape index (κ2) is 9.29. The maximum Gasteiger partial charge on any atom is 0.328 e. The summed E-state index contributed by atoms with van der Waals surface area (Å²) in [6.45, 7) is 4.87. The van der Waals surface area contributed by atoms with Crippen molar-refractivity contribution >= 4 is 34.5 Å². The number of benzene rings is 2. The molecule has 0 spiro atoms. The first-order chi connectivity index (χ1) is 16.1. The lowest BCUT2D eigenvalue weighted by atomic mass is 9.78. The Hall–Kier alpha value is -3.68. The Morgan fingerprint density at radius 2 is 1.71 bits per heavy atom. The first kappa shape index (κ1) is 23.5. The van der Waals surface area contributed by atoms with Crippen molar-refractivity contribution in [1.82, 2.24) is 15.3 Å². The van der Waals surface area contributed by atoms with Gasteiger partial charge in [-0.1, -0.05) is 12.1 Å². The van der Waals surface area contributed by atoms with Gasteiger partial charge in [-0.15, -0.1) is 0 Å². The van der Waals surface area contributed by atoms with E-state index >= 15 is 0 Å². The van der Waals surface area contributed by atoms with Gasteiger partial charge in [-0.05, 0) is 88.3 Å². The first-order valence-corrected chi connectivity index (χ1v) is 11.6. The van der Waals surface area contributed by atoms with E-state index in [1.807, 2.05) is 37.3 Å². The molecule has 8 heteroatoms. The third kappa shape index (κ3) is 5.11. The third-order valence-corrected chi connectivity index (χ3v) is 6.57. The van der Waals surface area contributed by atoms with Crippen molar-refractivity contribution in [3.8, 4) is 0 Å². The van der Waals surface area contributed by atoms with Crippen molar-refractivity contribution in [1.29, 1.82) is 0 Å². The number of carboxylic acid groups (broad SMARTS) is 1. The Morgan fingerprint density at radius 1 is 1.03 bits per heavy atom. The summed E-state index contributed by atoms with van der Waals surface area (Å²) < 4.78 is 0. The smallest absolute Gasteiger partial charge is 0.328 e. The SMILES string of the molecule is Cc1nc2ccc(C(=O)Nc3ccc(C4CCC(C(=O)NC(C)(C)C(=O)O)CC4)cc3)cc2[nH]1. The van der Waals surface area contributed by atoms with Gasteiger partial charge < -0.3 is 20.7 Å². The average molecular weight is 463 g/mol. The number of amides is 2. The number of anilines is 1. The summed E-state index contributed by atoms with van der Waals surface area (Å²) >= 11 is 0. The number of carbonyl (C=O) groups excluding carboxylic acids is 2. The molecule has 0 aliphatic heterocycles. The van der Waals surface area contributed by atoms with Gasteiger partial charge in [0.2, 0.25) is 5.91 Å². The highest BCUT2D eigenvalue weighted by Crippen LogP contribution is 2.36. The van der Waals surface area contributed by atoms with Gasteiger partial charge in [-0.25, -0.2) is 9.78 Å². The van der Waals surface area contributed by atoms with Crippen LogP contribution in [-0.4, -0.2) is 38.4 Å². The zero-order valence-electron chi connectivity index (χ0n) is 19.6. The first-order valence-electron chi connectivity index (χ1n) is 11.6. The second-order valence-corrected chi connectivity index (χ2v) is 9.60. The molecule has 0 unspecified atom stereocenters. The molecule has 4 N–H and O–H groups in total. The van der Waals surface area contributed by atoms with E-state index in [1.54, 1.807) is 12.1 Å². The molecule has 0 saturated heterocycles. The summed E-state index contributed by atoms with van der Waals surface area (Å²) in [5, 5.41) is 14.8. The second-order valence-electron chi connectivity index (χ2n) is 9.60. The van der Waals surface area contributed by atoms with Gasteiger partial charge in [0.25, 0.3) is 5.91 Å². The van der Waals surface area contributed by atoms with Crippen LogP contribution >= 0.6 is 0 Å². The minimum atomic E-state index is -1.27. The van der Waals surface area contributed by atoms with Crippen LogP contribution in [0.25, 0.3) is 11.0 Å². The van der Waals surface area contributed by atoms with E-state index in [1.165, 1.54) is 19.4 Å². The Balaban J connectivity index is 1.32. The fourth-order valence-corrected chi connectivity index (χ4v) is 4.47. The van der Waals surface area contributed by atoms with Gasteiger partial charge in [0, 0.05) is 17.2 Å². The fraction of sp³-hybridized carbons (Fsp3) is 0.385. The van der Waals surface area contributed by atoms with Crippen LogP contribution in [0.4, 0.5) is 5.69 Å². The standard InChI is InChI=1S/C26H30N4O4/c1-15-27-21-13-10-19(14-22(21)28-15)23(31)29-20-11-8-17(9-12-20)16-4-6-18(7-5-16)24(32)30-26(2,3)25(33)34/h8-14,16,18H,4-7H2,1-3H3,(H,27,28)(H,29,31)(H,30,32)(H,33,34). The predicted molar refractivity (Wildman–Crippen MR) is 130 cm³/mol. The lowest BCUT2D eigenvalue weighted by Crippen LogP contribution is -2.51. The van der Waals surface area contributed by atoms with E-state index in [2.05, 4.69) is 20.6 Å². The molecule has 1 aromatic heterocycles. The molecule has 8 nitrogen and oxygen atoms in total. The van der Waals surface area contributed by atoms with E-state index in [4.69, 9.17) is 0 Å². The lowest BCUT2D eigenvalue weighted by Gasteiger charge is -2.30. The number of hydrogen-bond acceptors (Lipinski definition) is 4. The third-order valence-electron chi connectivity index (χ3n) is 6.57. The number of rotatable bonds is 6. The molecule has 1 fully saturated rings. The molecule has 0 radical (unpaired) electrons. The molecule has 1 aliphatic carbocycles. The van der Waals surface area contributed by atoms with Crippen LogP contribution in [-0.2, 0) is 9.59 Å². The Morgan fingerprint density at radius 3 is 2.35 bits per heavy atom. The summed E-state index contributed by atoms with van der Waals surface area (Å²) in [4.78, 5) is 43.9. The zero-order chi connectivity index (χ0) is 24.5. The van der Waals surface area contributed by atoms with Crippen LogP contribution in [0.5, 0.6) is 0 Å². The number of H-pyrrole nitrogens is 1. The van der Waals surface area contributed by atoms with Gasteiger partial charge in [-0.2, -0.15) is 0 Å². The summed E-state index contributed by atoms with van der Waals surface area (Å²) in [6, 6.07) is 13.2. The molecular formula is C26H30N4O4. The minimum Gasteiger partial charge on any atom is -0.480 e. The summed E-state index contributed by atoms with van der Waals surface area (Å²) in [5.41, 5.74) is 2.85. The monoisotopic (exact) mass is 462 g/mol. The minimum absolute atomic E-state index is 0.163. The van der Waals surface area contributed by atoms with E-state index in [0.29, 0.717) is 11.5 Å². The highest BCUT2D eigenvalue weighted by Gasteiger charge is 2.33. The molecule has 3 aromatic rings. The maximum atomic E-state index is 12.7. The van der Waals surface area contributed by atoms with Gasteiger partial charge in [-0.3, -0.25) is 9.59 Å². The van der Waals surface area contributed by atoms with E-state index in [0.717, 1.165) is 48.2 Å². The number of fused-ring (bicyclic) bond motifs is 1. The molecule has 2 amide bonds. The molecule has 0 bridgehead atoms. The number of carboxylic acids is 1. The highest BCUT2D eigenvalue weighted by atomic mass is 16.4. The number of aryl methyl sites for hydroxylation is 1. The summed E-state index contributed by atoms with van der Waals surface area (Å²) in [5.74, 6) is -0.428. The average Bonchev–Trinajstić information content (AvgIpc) is 3.18. The molecule has 1 aliphatic rings. The molecule has 34 heavy (non-hydrogen) atoms. The van der Waals surface area contributed by atoms with Gasteiger partial charge in [0.05, 0.1) is 11.0 Å². The molecule has 178 valence electrons. The van der Waals surface area contributed by atoms with Crippen molar-refractivity contribution in [3.05, 3.63) is 59.4 Å². The normalized spacial score (nSPS) is 18.4. The molecular weight excluding hydrogens is 432 g/mol.